The largest absolute Gasteiger partial charge is 0.477 e. The number of hydrogen-bond donors (Lipinski definition) is 2. The van der Waals surface area contributed by atoms with Gasteiger partial charge in [-0.05, 0) is 20.8 Å². The Morgan fingerprint density at radius 1 is 1.30 bits per heavy atom. The summed E-state index contributed by atoms with van der Waals surface area (Å²) in [6, 6.07) is -1.80. The van der Waals surface area contributed by atoms with Crippen LogP contribution >= 0.6 is 0 Å². The minimum Gasteiger partial charge on any atom is -0.477 e. The van der Waals surface area contributed by atoms with E-state index in [0.717, 1.165) is 7.05 Å². The van der Waals surface area contributed by atoms with E-state index in [0.29, 0.717) is 4.90 Å². The molecule has 0 aromatic carbocycles. The van der Waals surface area contributed by atoms with Crippen LogP contribution in [0.15, 0.2) is 0 Å². The molecule has 7 nitrogen and oxygen atoms in total. The molecule has 0 saturated carbocycles. The molecule has 3 N–H and O–H groups in total. The first-order valence-electron chi connectivity index (χ1n) is 5.64. The van der Waals surface area contributed by atoms with Crippen molar-refractivity contribution in [2.24, 2.45) is 5.73 Å². The van der Waals surface area contributed by atoms with E-state index in [2.05, 4.69) is 0 Å². The Labute approximate surface area is 114 Å². The Balaban J connectivity index is 5.07. The molecule has 0 bridgehead atoms. The lowest BCUT2D eigenvalue weighted by atomic mass is 10.1. The first kappa shape index (κ1) is 18.1. The van der Waals surface area contributed by atoms with Crippen molar-refractivity contribution in [2.45, 2.75) is 44.8 Å². The molecular formula is C11H18F2N2O5. The standard InChI is InChI=1S/C11H18F2N2O5/c1-10(2,3)20-9(19)15(4)6(7(14)16)5-11(12,13)8(17)18/h6H,5H2,1-4H3,(H2,14,16)(H,17,18). The molecule has 0 rings (SSSR count). The number of primary amides is 1. The second-order valence-corrected chi connectivity index (χ2v) is 5.22. The molecule has 0 aliphatic heterocycles. The summed E-state index contributed by atoms with van der Waals surface area (Å²) >= 11 is 0. The Bertz CT molecular complexity index is 406. The molecule has 1 atom stereocenters. The van der Waals surface area contributed by atoms with Crippen molar-refractivity contribution in [3.63, 3.8) is 0 Å². The highest BCUT2D eigenvalue weighted by Crippen LogP contribution is 2.23. The smallest absolute Gasteiger partial charge is 0.410 e. The van der Waals surface area contributed by atoms with E-state index < -0.39 is 42.0 Å². The van der Waals surface area contributed by atoms with Gasteiger partial charge in [-0.25, -0.2) is 9.59 Å². The molecule has 116 valence electrons. The highest BCUT2D eigenvalue weighted by Gasteiger charge is 2.45. The summed E-state index contributed by atoms with van der Waals surface area (Å²) in [5.41, 5.74) is 4.03. The van der Waals surface area contributed by atoms with Gasteiger partial charge in [0.15, 0.2) is 0 Å². The number of carboxylic acids is 1. The molecule has 0 aromatic rings. The molecule has 0 saturated heterocycles. The van der Waals surface area contributed by atoms with Crippen molar-refractivity contribution >= 4 is 18.0 Å². The summed E-state index contributed by atoms with van der Waals surface area (Å²) in [6.07, 6.45) is -2.48. The number of aliphatic carboxylic acids is 1. The third-order valence-electron chi connectivity index (χ3n) is 2.24. The molecular weight excluding hydrogens is 278 g/mol. The van der Waals surface area contributed by atoms with Gasteiger partial charge in [0.25, 0.3) is 0 Å². The van der Waals surface area contributed by atoms with Crippen LogP contribution in [0, 0.1) is 0 Å². The van der Waals surface area contributed by atoms with E-state index >= 15 is 0 Å². The van der Waals surface area contributed by atoms with Crippen molar-refractivity contribution in [3.8, 4) is 0 Å². The third kappa shape index (κ3) is 5.37. The van der Waals surface area contributed by atoms with Gasteiger partial charge >= 0.3 is 18.0 Å². The van der Waals surface area contributed by atoms with Crippen LogP contribution < -0.4 is 5.73 Å². The summed E-state index contributed by atoms with van der Waals surface area (Å²) < 4.78 is 31.2. The number of nitrogens with zero attached hydrogens (tertiary/aromatic N) is 1. The Kier molecular flexibility index (Phi) is 5.44. The molecule has 0 spiro atoms. The zero-order valence-electron chi connectivity index (χ0n) is 11.6. The topological polar surface area (TPSA) is 110 Å². The second kappa shape index (κ2) is 6.02. The number of carbonyl (C=O) groups excluding carboxylic acids is 2. The molecule has 0 radical (unpaired) electrons. The van der Waals surface area contributed by atoms with E-state index in [-0.39, 0.29) is 0 Å². The van der Waals surface area contributed by atoms with Crippen molar-refractivity contribution in [1.29, 1.82) is 0 Å². The van der Waals surface area contributed by atoms with E-state index in [9.17, 15) is 23.2 Å². The van der Waals surface area contributed by atoms with Crippen LogP contribution in [-0.4, -0.2) is 52.6 Å². The molecule has 0 heterocycles. The van der Waals surface area contributed by atoms with Crippen LogP contribution in [0.5, 0.6) is 0 Å². The number of nitrogens with two attached hydrogens (primary N) is 1. The summed E-state index contributed by atoms with van der Waals surface area (Å²) in [5.74, 6) is -7.84. The lowest BCUT2D eigenvalue weighted by molar-refractivity contribution is -0.168. The zero-order valence-corrected chi connectivity index (χ0v) is 11.6. The normalized spacial score (nSPS) is 13.5. The van der Waals surface area contributed by atoms with Gasteiger partial charge < -0.3 is 15.6 Å². The zero-order chi connectivity index (χ0) is 16.3. The van der Waals surface area contributed by atoms with E-state index in [1.807, 2.05) is 0 Å². The number of carboxylic acid groups (broad SMARTS) is 1. The third-order valence-corrected chi connectivity index (χ3v) is 2.24. The molecule has 0 aliphatic rings. The van der Waals surface area contributed by atoms with Crippen LogP contribution in [0.4, 0.5) is 13.6 Å². The molecule has 0 aromatic heterocycles. The van der Waals surface area contributed by atoms with Gasteiger partial charge in [0.05, 0.1) is 6.42 Å². The van der Waals surface area contributed by atoms with Crippen LogP contribution in [0.3, 0.4) is 0 Å². The first-order chi connectivity index (χ1) is 8.78. The molecule has 9 heteroatoms. The average molecular weight is 296 g/mol. The summed E-state index contributed by atoms with van der Waals surface area (Å²) in [7, 11) is 1.03. The van der Waals surface area contributed by atoms with E-state index in [1.54, 1.807) is 20.8 Å². The highest BCUT2D eigenvalue weighted by atomic mass is 19.3. The van der Waals surface area contributed by atoms with Crippen molar-refractivity contribution in [2.75, 3.05) is 7.05 Å². The Morgan fingerprint density at radius 3 is 2.05 bits per heavy atom. The maximum absolute atomic E-state index is 13.1. The number of ether oxygens (including phenoxy) is 1. The van der Waals surface area contributed by atoms with Crippen LogP contribution in [0.25, 0.3) is 0 Å². The predicted octanol–water partition coefficient (Wildman–Crippen LogP) is 0.817. The summed E-state index contributed by atoms with van der Waals surface area (Å²) in [4.78, 5) is 33.7. The number of carbonyl (C=O) groups is 3. The number of alkyl halides is 2. The van der Waals surface area contributed by atoms with Gasteiger partial charge in [-0.2, -0.15) is 8.78 Å². The monoisotopic (exact) mass is 296 g/mol. The Morgan fingerprint density at radius 2 is 1.75 bits per heavy atom. The number of hydrogen-bond acceptors (Lipinski definition) is 4. The predicted molar refractivity (Wildman–Crippen MR) is 64.2 cm³/mol. The van der Waals surface area contributed by atoms with Crippen LogP contribution in [-0.2, 0) is 14.3 Å². The van der Waals surface area contributed by atoms with Crippen molar-refractivity contribution in [3.05, 3.63) is 0 Å². The lowest BCUT2D eigenvalue weighted by Gasteiger charge is -2.30. The molecule has 0 aliphatic carbocycles. The number of likely N-dealkylation sites (N-methyl/N-ethyl adjacent to an activating group) is 1. The van der Waals surface area contributed by atoms with Gasteiger partial charge in [-0.1, -0.05) is 0 Å². The highest BCUT2D eigenvalue weighted by molar-refractivity contribution is 5.85. The van der Waals surface area contributed by atoms with Gasteiger partial charge in [-0.15, -0.1) is 0 Å². The van der Waals surface area contributed by atoms with Crippen LogP contribution in [0.1, 0.15) is 27.2 Å². The minimum atomic E-state index is -4.18. The molecule has 20 heavy (non-hydrogen) atoms. The lowest BCUT2D eigenvalue weighted by Crippen LogP contribution is -2.51. The van der Waals surface area contributed by atoms with Crippen molar-refractivity contribution in [1.82, 2.24) is 4.90 Å². The SMILES string of the molecule is CN(C(=O)OC(C)(C)C)C(CC(F)(F)C(=O)O)C(N)=O. The number of halogens is 2. The second-order valence-electron chi connectivity index (χ2n) is 5.22. The van der Waals surface area contributed by atoms with Gasteiger partial charge in [-0.3, -0.25) is 9.69 Å². The first-order valence-corrected chi connectivity index (χ1v) is 5.64. The number of amides is 2. The Hall–Kier alpha value is -1.93. The maximum Gasteiger partial charge on any atom is 0.410 e. The maximum atomic E-state index is 13.1. The quantitative estimate of drug-likeness (QED) is 0.780. The molecule has 0 fully saturated rings. The van der Waals surface area contributed by atoms with Gasteiger partial charge in [0, 0.05) is 7.05 Å². The average Bonchev–Trinajstić information content (AvgIpc) is 2.21. The van der Waals surface area contributed by atoms with Crippen LogP contribution in [0.2, 0.25) is 0 Å². The number of rotatable bonds is 5. The fourth-order valence-corrected chi connectivity index (χ4v) is 1.22. The molecule has 2 amide bonds. The van der Waals surface area contributed by atoms with Gasteiger partial charge in [0.2, 0.25) is 5.91 Å². The van der Waals surface area contributed by atoms with Crippen molar-refractivity contribution < 1.29 is 33.0 Å². The summed E-state index contributed by atoms with van der Waals surface area (Å²) in [5, 5.41) is 8.34. The fraction of sp³-hybridized carbons (Fsp3) is 0.727. The van der Waals surface area contributed by atoms with E-state index in [1.165, 1.54) is 0 Å². The van der Waals surface area contributed by atoms with Gasteiger partial charge in [0.1, 0.15) is 11.6 Å². The molecule has 1 unspecified atom stereocenters. The van der Waals surface area contributed by atoms with E-state index in [4.69, 9.17) is 15.6 Å². The minimum absolute atomic E-state index is 0.560. The fourth-order valence-electron chi connectivity index (χ4n) is 1.22. The summed E-state index contributed by atoms with van der Waals surface area (Å²) in [6.45, 7) is 4.64.